The zero-order chi connectivity index (χ0) is 14.9. The number of nitrogens with two attached hydrogens (primary N) is 1. The Kier molecular flexibility index (Phi) is 6.30. The molecule has 6 heteroatoms. The van der Waals surface area contributed by atoms with Crippen molar-refractivity contribution in [3.05, 3.63) is 29.8 Å². The maximum absolute atomic E-state index is 5.92. The van der Waals surface area contributed by atoms with Crippen molar-refractivity contribution in [2.45, 2.75) is 6.61 Å². The van der Waals surface area contributed by atoms with Crippen LogP contribution >= 0.6 is 0 Å². The summed E-state index contributed by atoms with van der Waals surface area (Å²) in [6.07, 6.45) is 0. The van der Waals surface area contributed by atoms with Crippen LogP contribution in [0.1, 0.15) is 5.56 Å². The van der Waals surface area contributed by atoms with Crippen LogP contribution in [0.4, 0.5) is 0 Å². The van der Waals surface area contributed by atoms with Gasteiger partial charge < -0.3 is 24.8 Å². The summed E-state index contributed by atoms with van der Waals surface area (Å²) in [5.74, 6) is 1.42. The third-order valence-electron chi connectivity index (χ3n) is 3.27. The van der Waals surface area contributed by atoms with Crippen molar-refractivity contribution in [3.8, 4) is 5.75 Å². The second kappa shape index (κ2) is 8.49. The van der Waals surface area contributed by atoms with Crippen molar-refractivity contribution in [1.82, 2.24) is 4.90 Å². The second-order valence-corrected chi connectivity index (χ2v) is 4.74. The van der Waals surface area contributed by atoms with E-state index in [4.69, 9.17) is 19.9 Å². The largest absolute Gasteiger partial charge is 0.497 e. The topological polar surface area (TPSA) is 69.3 Å². The second-order valence-electron chi connectivity index (χ2n) is 4.74. The number of morpholine rings is 1. The van der Waals surface area contributed by atoms with Crippen molar-refractivity contribution in [3.63, 3.8) is 0 Å². The normalized spacial score (nSPS) is 16.0. The summed E-state index contributed by atoms with van der Waals surface area (Å²) < 4.78 is 16.0. The number of hydrogen-bond acceptors (Lipinski definition) is 4. The Labute approximate surface area is 125 Å². The third kappa shape index (κ3) is 5.24. The number of benzene rings is 1. The Morgan fingerprint density at radius 1 is 1.29 bits per heavy atom. The lowest BCUT2D eigenvalue weighted by Crippen LogP contribution is -2.44. The molecule has 2 rings (SSSR count). The van der Waals surface area contributed by atoms with Gasteiger partial charge in [0.1, 0.15) is 5.75 Å². The number of nitrogens with zero attached hydrogens (tertiary/aromatic N) is 2. The lowest BCUT2D eigenvalue weighted by Gasteiger charge is -2.27. The highest BCUT2D eigenvalue weighted by molar-refractivity contribution is 5.78. The SMILES string of the molecule is COc1ccc(COCCN=C(N)N2CCOCC2)cc1. The number of guanidine groups is 1. The molecular weight excluding hydrogens is 270 g/mol. The summed E-state index contributed by atoms with van der Waals surface area (Å²) in [4.78, 5) is 6.36. The number of rotatable bonds is 6. The molecule has 0 saturated carbocycles. The van der Waals surface area contributed by atoms with Crippen LogP contribution in [0.2, 0.25) is 0 Å². The molecule has 0 atom stereocenters. The molecule has 0 aliphatic carbocycles. The van der Waals surface area contributed by atoms with Crippen LogP contribution in [-0.4, -0.2) is 57.4 Å². The fourth-order valence-electron chi connectivity index (χ4n) is 2.03. The molecule has 1 fully saturated rings. The van der Waals surface area contributed by atoms with Gasteiger partial charge in [-0.05, 0) is 17.7 Å². The summed E-state index contributed by atoms with van der Waals surface area (Å²) in [6.45, 7) is 4.73. The smallest absolute Gasteiger partial charge is 0.191 e. The molecule has 0 bridgehead atoms. The van der Waals surface area contributed by atoms with Gasteiger partial charge >= 0.3 is 0 Å². The van der Waals surface area contributed by atoms with Gasteiger partial charge in [0, 0.05) is 13.1 Å². The molecule has 1 heterocycles. The van der Waals surface area contributed by atoms with Crippen LogP contribution in [0.25, 0.3) is 0 Å². The van der Waals surface area contributed by atoms with Crippen molar-refractivity contribution < 1.29 is 14.2 Å². The summed E-state index contributed by atoms with van der Waals surface area (Å²) in [5.41, 5.74) is 7.04. The van der Waals surface area contributed by atoms with E-state index in [0.29, 0.717) is 38.9 Å². The number of hydrogen-bond donors (Lipinski definition) is 1. The predicted octanol–water partition coefficient (Wildman–Crippen LogP) is 0.859. The van der Waals surface area contributed by atoms with Gasteiger partial charge in [-0.2, -0.15) is 0 Å². The molecule has 0 aromatic heterocycles. The van der Waals surface area contributed by atoms with Gasteiger partial charge in [0.15, 0.2) is 5.96 Å². The van der Waals surface area contributed by atoms with Gasteiger partial charge in [0.05, 0.1) is 40.1 Å². The minimum Gasteiger partial charge on any atom is -0.497 e. The summed E-state index contributed by atoms with van der Waals surface area (Å²) in [5, 5.41) is 0. The average molecular weight is 293 g/mol. The molecule has 0 amide bonds. The standard InChI is InChI=1S/C15H23N3O3/c1-19-14-4-2-13(3-5-14)12-21-9-6-17-15(16)18-7-10-20-11-8-18/h2-5H,6-12H2,1H3,(H2,16,17). The van der Waals surface area contributed by atoms with E-state index < -0.39 is 0 Å². The van der Waals surface area contributed by atoms with Gasteiger partial charge in [0.2, 0.25) is 0 Å². The molecule has 1 aliphatic heterocycles. The zero-order valence-corrected chi connectivity index (χ0v) is 12.5. The monoisotopic (exact) mass is 293 g/mol. The van der Waals surface area contributed by atoms with Crippen LogP contribution < -0.4 is 10.5 Å². The average Bonchev–Trinajstić information content (AvgIpc) is 2.55. The minimum absolute atomic E-state index is 0.553. The first kappa shape index (κ1) is 15.6. The first-order chi connectivity index (χ1) is 10.3. The van der Waals surface area contributed by atoms with Crippen LogP contribution in [0, 0.1) is 0 Å². The molecule has 1 aromatic rings. The van der Waals surface area contributed by atoms with E-state index in [1.165, 1.54) is 0 Å². The molecule has 0 spiro atoms. The van der Waals surface area contributed by atoms with E-state index in [1.54, 1.807) is 7.11 Å². The quantitative estimate of drug-likeness (QED) is 0.478. The first-order valence-electron chi connectivity index (χ1n) is 7.13. The van der Waals surface area contributed by atoms with Gasteiger partial charge in [-0.15, -0.1) is 0 Å². The van der Waals surface area contributed by atoms with Crippen LogP contribution in [0.15, 0.2) is 29.3 Å². The lowest BCUT2D eigenvalue weighted by atomic mass is 10.2. The molecule has 0 radical (unpaired) electrons. The highest BCUT2D eigenvalue weighted by Gasteiger charge is 2.11. The number of aliphatic imine (C=N–C) groups is 1. The maximum Gasteiger partial charge on any atom is 0.191 e. The highest BCUT2D eigenvalue weighted by Crippen LogP contribution is 2.11. The third-order valence-corrected chi connectivity index (χ3v) is 3.27. The van der Waals surface area contributed by atoms with E-state index >= 15 is 0 Å². The van der Waals surface area contributed by atoms with Crippen molar-refractivity contribution in [1.29, 1.82) is 0 Å². The van der Waals surface area contributed by atoms with E-state index in [9.17, 15) is 0 Å². The Hall–Kier alpha value is -1.79. The Morgan fingerprint density at radius 2 is 2.00 bits per heavy atom. The summed E-state index contributed by atoms with van der Waals surface area (Å²) >= 11 is 0. The Morgan fingerprint density at radius 3 is 2.67 bits per heavy atom. The van der Waals surface area contributed by atoms with Crippen LogP contribution in [0.3, 0.4) is 0 Å². The van der Waals surface area contributed by atoms with E-state index in [-0.39, 0.29) is 0 Å². The Bertz CT molecular complexity index is 442. The van der Waals surface area contributed by atoms with E-state index in [0.717, 1.165) is 24.4 Å². The first-order valence-corrected chi connectivity index (χ1v) is 7.13. The number of ether oxygens (including phenoxy) is 3. The summed E-state index contributed by atoms with van der Waals surface area (Å²) in [6, 6.07) is 7.83. The Balaban J connectivity index is 1.64. The molecule has 21 heavy (non-hydrogen) atoms. The summed E-state index contributed by atoms with van der Waals surface area (Å²) in [7, 11) is 1.66. The van der Waals surface area contributed by atoms with E-state index in [2.05, 4.69) is 4.99 Å². The maximum atomic E-state index is 5.92. The molecule has 1 aliphatic rings. The number of methoxy groups -OCH3 is 1. The van der Waals surface area contributed by atoms with Gasteiger partial charge in [0.25, 0.3) is 0 Å². The van der Waals surface area contributed by atoms with Crippen LogP contribution in [0.5, 0.6) is 5.75 Å². The molecule has 1 aromatic carbocycles. The van der Waals surface area contributed by atoms with Gasteiger partial charge in [-0.25, -0.2) is 0 Å². The predicted molar refractivity (Wildman–Crippen MR) is 81.5 cm³/mol. The molecule has 6 nitrogen and oxygen atoms in total. The molecule has 116 valence electrons. The molecule has 0 unspecified atom stereocenters. The molecular formula is C15H23N3O3. The minimum atomic E-state index is 0.553. The highest BCUT2D eigenvalue weighted by atomic mass is 16.5. The van der Waals surface area contributed by atoms with Crippen molar-refractivity contribution in [2.24, 2.45) is 10.7 Å². The zero-order valence-electron chi connectivity index (χ0n) is 12.5. The van der Waals surface area contributed by atoms with Crippen molar-refractivity contribution >= 4 is 5.96 Å². The fourth-order valence-corrected chi connectivity index (χ4v) is 2.03. The van der Waals surface area contributed by atoms with Crippen molar-refractivity contribution in [2.75, 3.05) is 46.6 Å². The van der Waals surface area contributed by atoms with E-state index in [1.807, 2.05) is 29.2 Å². The molecule has 2 N–H and O–H groups in total. The lowest BCUT2D eigenvalue weighted by molar-refractivity contribution is 0.0672. The van der Waals surface area contributed by atoms with Crippen LogP contribution in [-0.2, 0) is 16.1 Å². The molecule has 1 saturated heterocycles. The fraction of sp³-hybridized carbons (Fsp3) is 0.533. The van der Waals surface area contributed by atoms with Gasteiger partial charge in [-0.1, -0.05) is 12.1 Å². The van der Waals surface area contributed by atoms with Gasteiger partial charge in [-0.3, -0.25) is 4.99 Å².